The van der Waals surface area contributed by atoms with Gasteiger partial charge in [0.15, 0.2) is 11.5 Å². The van der Waals surface area contributed by atoms with Crippen LogP contribution in [-0.4, -0.2) is 41.9 Å². The lowest BCUT2D eigenvalue weighted by molar-refractivity contribution is -0.130. The fraction of sp³-hybridized carbons (Fsp3) is 0.318. The second kappa shape index (κ2) is 7.80. The molecule has 1 fully saturated rings. The van der Waals surface area contributed by atoms with Crippen LogP contribution < -0.4 is 9.47 Å². The molecule has 1 unspecified atom stereocenters. The predicted octanol–water partition coefficient (Wildman–Crippen LogP) is 4.01. The van der Waals surface area contributed by atoms with Crippen LogP contribution in [0.2, 0.25) is 0 Å². The lowest BCUT2D eigenvalue weighted by Crippen LogP contribution is -2.31. The maximum Gasteiger partial charge on any atom is 0.228 e. The molecule has 0 N–H and O–H groups in total. The Hall–Kier alpha value is -2.60. The number of benzene rings is 2. The van der Waals surface area contributed by atoms with E-state index in [4.69, 9.17) is 9.47 Å². The number of nitrogens with zero attached hydrogens (tertiary/aromatic N) is 2. The summed E-state index contributed by atoms with van der Waals surface area (Å²) in [5.74, 6) is 2.47. The van der Waals surface area contributed by atoms with Crippen LogP contribution in [0.1, 0.15) is 16.5 Å². The van der Waals surface area contributed by atoms with E-state index in [1.54, 1.807) is 26.0 Å². The van der Waals surface area contributed by atoms with Crippen LogP contribution in [0.5, 0.6) is 11.5 Å². The maximum absolute atomic E-state index is 13.2. The Balaban J connectivity index is 1.58. The van der Waals surface area contributed by atoms with E-state index in [9.17, 15) is 4.79 Å². The Bertz CT molecular complexity index is 1010. The molecule has 28 heavy (non-hydrogen) atoms. The molecule has 0 aliphatic carbocycles. The van der Waals surface area contributed by atoms with Gasteiger partial charge in [0.1, 0.15) is 5.37 Å². The van der Waals surface area contributed by atoms with Crippen molar-refractivity contribution in [3.8, 4) is 11.5 Å². The normalized spacial score (nSPS) is 16.5. The van der Waals surface area contributed by atoms with Gasteiger partial charge in [-0.1, -0.05) is 24.3 Å². The number of ether oxygens (including phenoxy) is 2. The molecule has 1 aliphatic rings. The summed E-state index contributed by atoms with van der Waals surface area (Å²) in [4.78, 5) is 15.2. The minimum Gasteiger partial charge on any atom is -0.493 e. The topological polar surface area (TPSA) is 43.7 Å². The third-order valence-corrected chi connectivity index (χ3v) is 6.49. The number of aromatic nitrogens is 1. The third-order valence-electron chi connectivity index (χ3n) is 5.23. The molecule has 1 aromatic heterocycles. The average molecular weight is 397 g/mol. The van der Waals surface area contributed by atoms with Crippen LogP contribution in [0.4, 0.5) is 0 Å². The van der Waals surface area contributed by atoms with Crippen molar-refractivity contribution in [2.45, 2.75) is 11.8 Å². The summed E-state index contributed by atoms with van der Waals surface area (Å²) in [5.41, 5.74) is 3.29. The maximum atomic E-state index is 13.2. The van der Waals surface area contributed by atoms with Crippen molar-refractivity contribution < 1.29 is 14.3 Å². The molecule has 1 aliphatic heterocycles. The second-order valence-electron chi connectivity index (χ2n) is 6.88. The molecule has 0 spiro atoms. The Morgan fingerprint density at radius 3 is 2.71 bits per heavy atom. The minimum absolute atomic E-state index is 0.00211. The Morgan fingerprint density at radius 1 is 1.14 bits per heavy atom. The van der Waals surface area contributed by atoms with E-state index in [1.165, 1.54) is 0 Å². The molecular formula is C22H24N2O3S. The molecule has 4 rings (SSSR count). The molecular weight excluding hydrogens is 372 g/mol. The first kappa shape index (κ1) is 18.7. The SMILES string of the molecule is COc1ccc(C2SCCN2C(=O)Cc2cn(C)c3ccccc23)cc1OC. The number of carbonyl (C=O) groups is 1. The van der Waals surface area contributed by atoms with Gasteiger partial charge in [-0.25, -0.2) is 0 Å². The molecule has 146 valence electrons. The summed E-state index contributed by atoms with van der Waals surface area (Å²) < 4.78 is 12.9. The van der Waals surface area contributed by atoms with Gasteiger partial charge in [0.2, 0.25) is 5.91 Å². The molecule has 0 radical (unpaired) electrons. The molecule has 1 saturated heterocycles. The fourth-order valence-corrected chi connectivity index (χ4v) is 5.11. The highest BCUT2D eigenvalue weighted by molar-refractivity contribution is 7.99. The van der Waals surface area contributed by atoms with Crippen molar-refractivity contribution in [3.63, 3.8) is 0 Å². The summed E-state index contributed by atoms with van der Waals surface area (Å²) in [6, 6.07) is 14.1. The first-order chi connectivity index (χ1) is 13.6. The zero-order valence-corrected chi connectivity index (χ0v) is 17.2. The van der Waals surface area contributed by atoms with E-state index >= 15 is 0 Å². The number of amides is 1. The van der Waals surface area contributed by atoms with Crippen LogP contribution >= 0.6 is 11.8 Å². The summed E-state index contributed by atoms with van der Waals surface area (Å²) in [6.45, 7) is 0.757. The number of methoxy groups -OCH3 is 2. The average Bonchev–Trinajstić information content (AvgIpc) is 3.33. The van der Waals surface area contributed by atoms with Crippen molar-refractivity contribution in [1.29, 1.82) is 0 Å². The number of thioether (sulfide) groups is 1. The standard InChI is InChI=1S/C22H24N2O3S/c1-23-14-16(17-6-4-5-7-18(17)23)13-21(25)24-10-11-28-22(24)15-8-9-19(26-2)20(12-15)27-3/h4-9,12,14,22H,10-11,13H2,1-3H3. The summed E-state index contributed by atoms with van der Waals surface area (Å²) in [7, 11) is 5.28. The highest BCUT2D eigenvalue weighted by atomic mass is 32.2. The summed E-state index contributed by atoms with van der Waals surface area (Å²) in [6.07, 6.45) is 2.48. The van der Waals surface area contributed by atoms with Crippen LogP contribution in [0.25, 0.3) is 10.9 Å². The van der Waals surface area contributed by atoms with Crippen molar-refractivity contribution in [1.82, 2.24) is 9.47 Å². The van der Waals surface area contributed by atoms with Crippen LogP contribution in [0.3, 0.4) is 0 Å². The second-order valence-corrected chi connectivity index (χ2v) is 8.07. The van der Waals surface area contributed by atoms with E-state index in [0.29, 0.717) is 17.9 Å². The first-order valence-corrected chi connectivity index (χ1v) is 10.3. The minimum atomic E-state index is 0.00211. The van der Waals surface area contributed by atoms with Gasteiger partial charge in [0.05, 0.1) is 20.6 Å². The lowest BCUT2D eigenvalue weighted by atomic mass is 10.1. The van der Waals surface area contributed by atoms with Gasteiger partial charge in [-0.05, 0) is 29.3 Å². The van der Waals surface area contributed by atoms with Crippen molar-refractivity contribution in [2.24, 2.45) is 7.05 Å². The smallest absolute Gasteiger partial charge is 0.228 e. The van der Waals surface area contributed by atoms with Gasteiger partial charge in [0.25, 0.3) is 0 Å². The highest BCUT2D eigenvalue weighted by Gasteiger charge is 2.31. The molecule has 0 saturated carbocycles. The Kier molecular flexibility index (Phi) is 5.22. The molecule has 2 heterocycles. The van der Waals surface area contributed by atoms with Gasteiger partial charge in [-0.2, -0.15) is 0 Å². The quantitative estimate of drug-likeness (QED) is 0.654. The monoisotopic (exact) mass is 396 g/mol. The van der Waals surface area contributed by atoms with Gasteiger partial charge >= 0.3 is 0 Å². The van der Waals surface area contributed by atoms with E-state index < -0.39 is 0 Å². The first-order valence-electron chi connectivity index (χ1n) is 9.28. The molecule has 2 aromatic carbocycles. The number of fused-ring (bicyclic) bond motifs is 1. The van der Waals surface area contributed by atoms with E-state index in [-0.39, 0.29) is 11.3 Å². The van der Waals surface area contributed by atoms with Crippen LogP contribution in [0, 0.1) is 0 Å². The largest absolute Gasteiger partial charge is 0.493 e. The van der Waals surface area contributed by atoms with E-state index in [0.717, 1.165) is 34.3 Å². The van der Waals surface area contributed by atoms with Gasteiger partial charge in [0, 0.05) is 36.4 Å². The Morgan fingerprint density at radius 2 is 1.93 bits per heavy atom. The molecule has 0 bridgehead atoms. The number of hydrogen-bond donors (Lipinski definition) is 0. The van der Waals surface area contributed by atoms with E-state index in [2.05, 4.69) is 22.9 Å². The number of aryl methyl sites for hydroxylation is 1. The molecule has 1 atom stereocenters. The van der Waals surface area contributed by atoms with Crippen LogP contribution in [-0.2, 0) is 18.3 Å². The highest BCUT2D eigenvalue weighted by Crippen LogP contribution is 2.41. The van der Waals surface area contributed by atoms with Gasteiger partial charge in [-0.15, -0.1) is 11.8 Å². The van der Waals surface area contributed by atoms with Crippen LogP contribution in [0.15, 0.2) is 48.7 Å². The fourth-order valence-electron chi connectivity index (χ4n) is 3.84. The number of carbonyl (C=O) groups excluding carboxylic acids is 1. The number of hydrogen-bond acceptors (Lipinski definition) is 4. The van der Waals surface area contributed by atoms with Gasteiger partial charge < -0.3 is 18.9 Å². The number of para-hydroxylation sites is 1. The van der Waals surface area contributed by atoms with Crippen molar-refractivity contribution >= 4 is 28.6 Å². The van der Waals surface area contributed by atoms with Gasteiger partial charge in [-0.3, -0.25) is 4.79 Å². The van der Waals surface area contributed by atoms with E-state index in [1.807, 2.05) is 42.3 Å². The van der Waals surface area contributed by atoms with Crippen molar-refractivity contribution in [3.05, 3.63) is 59.8 Å². The summed E-state index contributed by atoms with van der Waals surface area (Å²) >= 11 is 1.79. The third kappa shape index (κ3) is 3.33. The lowest BCUT2D eigenvalue weighted by Gasteiger charge is -2.25. The molecule has 3 aromatic rings. The van der Waals surface area contributed by atoms with Crippen molar-refractivity contribution in [2.75, 3.05) is 26.5 Å². The molecule has 5 nitrogen and oxygen atoms in total. The summed E-state index contributed by atoms with van der Waals surface area (Å²) in [5, 5.41) is 1.15. The predicted molar refractivity (Wildman–Crippen MR) is 113 cm³/mol. The number of rotatable bonds is 5. The Labute approximate surface area is 169 Å². The zero-order valence-electron chi connectivity index (χ0n) is 16.3. The molecule has 1 amide bonds. The zero-order chi connectivity index (χ0) is 19.7. The molecule has 6 heteroatoms.